The molecule has 3 nitrogen and oxygen atoms in total. The molecule has 0 aliphatic carbocycles. The predicted octanol–water partition coefficient (Wildman–Crippen LogP) is 2.00. The predicted molar refractivity (Wildman–Crippen MR) is 60.9 cm³/mol. The molecule has 1 aromatic carbocycles. The molecule has 2 rings (SSSR count). The summed E-state index contributed by atoms with van der Waals surface area (Å²) in [5.41, 5.74) is 2.45. The number of carbonyl (C=O) groups excluding carboxylic acids is 1. The average Bonchev–Trinajstić information content (AvgIpc) is 2.29. The lowest BCUT2D eigenvalue weighted by atomic mass is 9.93. The molecule has 0 aromatic heterocycles. The largest absolute Gasteiger partial charge is 0.325 e. The molecule has 1 amide bonds. The minimum Gasteiger partial charge on any atom is -0.325 e. The Bertz CT molecular complexity index is 521. The number of nitrogens with zero attached hydrogens (tertiary/aromatic N) is 1. The van der Waals surface area contributed by atoms with Crippen LogP contribution in [0.4, 0.5) is 0 Å². The van der Waals surface area contributed by atoms with Crippen LogP contribution in [0.5, 0.6) is 0 Å². The Morgan fingerprint density at radius 2 is 2.00 bits per heavy atom. The summed E-state index contributed by atoms with van der Waals surface area (Å²) in [6.07, 6.45) is 0.513. The van der Waals surface area contributed by atoms with E-state index in [-0.39, 0.29) is 11.5 Å². The number of hydrogen-bond acceptors (Lipinski definition) is 2. The number of nitriles is 1. The zero-order chi connectivity index (χ0) is 11.5. The highest BCUT2D eigenvalue weighted by molar-refractivity contribution is 6.07. The van der Waals surface area contributed by atoms with Crippen molar-refractivity contribution in [1.82, 2.24) is 5.32 Å². The van der Waals surface area contributed by atoms with E-state index in [1.807, 2.05) is 36.4 Å². The highest BCUT2D eigenvalue weighted by Crippen LogP contribution is 2.27. The second-order valence-electron chi connectivity index (χ2n) is 3.57. The van der Waals surface area contributed by atoms with Gasteiger partial charge in [-0.15, -0.1) is 0 Å². The van der Waals surface area contributed by atoms with Gasteiger partial charge in [0.25, 0.3) is 5.91 Å². The second kappa shape index (κ2) is 4.03. The number of carbonyl (C=O) groups is 1. The molecule has 16 heavy (non-hydrogen) atoms. The minimum absolute atomic E-state index is 0.179. The summed E-state index contributed by atoms with van der Waals surface area (Å²) in [5, 5.41) is 11.5. The van der Waals surface area contributed by atoms with Gasteiger partial charge in [-0.05, 0) is 11.1 Å². The first-order valence-corrected chi connectivity index (χ1v) is 4.90. The van der Waals surface area contributed by atoms with Gasteiger partial charge in [-0.25, -0.2) is 0 Å². The van der Waals surface area contributed by atoms with Gasteiger partial charge in [0.1, 0.15) is 11.6 Å². The molecule has 1 aromatic rings. The van der Waals surface area contributed by atoms with Crippen LogP contribution in [0.2, 0.25) is 0 Å². The molecule has 0 bridgehead atoms. The number of rotatable bonds is 1. The van der Waals surface area contributed by atoms with Gasteiger partial charge in [0.2, 0.25) is 0 Å². The van der Waals surface area contributed by atoms with Crippen LogP contribution in [0.25, 0.3) is 5.57 Å². The van der Waals surface area contributed by atoms with Crippen molar-refractivity contribution in [3.63, 3.8) is 0 Å². The van der Waals surface area contributed by atoms with Gasteiger partial charge in [0.15, 0.2) is 0 Å². The molecule has 0 saturated heterocycles. The van der Waals surface area contributed by atoms with Gasteiger partial charge in [-0.2, -0.15) is 5.26 Å². The van der Waals surface area contributed by atoms with Crippen LogP contribution >= 0.6 is 0 Å². The summed E-state index contributed by atoms with van der Waals surface area (Å²) in [6, 6.07) is 11.4. The monoisotopic (exact) mass is 210 g/mol. The van der Waals surface area contributed by atoms with Gasteiger partial charge >= 0.3 is 0 Å². The molecule has 0 unspecified atom stereocenters. The normalized spacial score (nSPS) is 15.7. The smallest absolute Gasteiger partial charge is 0.266 e. The van der Waals surface area contributed by atoms with Gasteiger partial charge < -0.3 is 5.32 Å². The summed E-state index contributed by atoms with van der Waals surface area (Å²) in [6.45, 7) is 3.73. The topological polar surface area (TPSA) is 52.9 Å². The molecule has 0 radical (unpaired) electrons. The lowest BCUT2D eigenvalue weighted by molar-refractivity contribution is -0.116. The fourth-order valence-corrected chi connectivity index (χ4v) is 1.71. The van der Waals surface area contributed by atoms with Crippen LogP contribution < -0.4 is 5.32 Å². The third kappa shape index (κ3) is 1.73. The SMILES string of the molecule is C=C1CC(c2ccccc2)=C(C#N)C(=O)N1. The second-order valence-corrected chi connectivity index (χ2v) is 3.57. The van der Waals surface area contributed by atoms with Gasteiger partial charge in [0.05, 0.1) is 0 Å². The van der Waals surface area contributed by atoms with E-state index in [1.54, 1.807) is 0 Å². The molecule has 3 heteroatoms. The summed E-state index contributed by atoms with van der Waals surface area (Å²) in [4.78, 5) is 11.6. The van der Waals surface area contributed by atoms with Crippen molar-refractivity contribution in [3.8, 4) is 6.07 Å². The molecule has 0 spiro atoms. The first-order chi connectivity index (χ1) is 7.72. The quantitative estimate of drug-likeness (QED) is 0.770. The van der Waals surface area contributed by atoms with Crippen LogP contribution in [0, 0.1) is 11.3 Å². The Morgan fingerprint density at radius 1 is 1.31 bits per heavy atom. The molecule has 1 N–H and O–H groups in total. The zero-order valence-corrected chi connectivity index (χ0v) is 8.66. The molecule has 0 fully saturated rings. The first-order valence-electron chi connectivity index (χ1n) is 4.90. The lowest BCUT2D eigenvalue weighted by Gasteiger charge is -2.18. The van der Waals surface area contributed by atoms with Crippen LogP contribution in [-0.2, 0) is 4.79 Å². The molecular weight excluding hydrogens is 200 g/mol. The zero-order valence-electron chi connectivity index (χ0n) is 8.66. The van der Waals surface area contributed by atoms with Crippen molar-refractivity contribution in [1.29, 1.82) is 5.26 Å². The van der Waals surface area contributed by atoms with Crippen molar-refractivity contribution in [2.45, 2.75) is 6.42 Å². The third-order valence-corrected chi connectivity index (χ3v) is 2.44. The van der Waals surface area contributed by atoms with Crippen LogP contribution in [0.15, 0.2) is 48.2 Å². The average molecular weight is 210 g/mol. The van der Waals surface area contributed by atoms with E-state index in [1.165, 1.54) is 0 Å². The molecule has 1 aliphatic rings. The number of allylic oxidation sites excluding steroid dienone is 1. The molecule has 78 valence electrons. The number of amides is 1. The van der Waals surface area contributed by atoms with E-state index in [0.717, 1.165) is 11.1 Å². The summed E-state index contributed by atoms with van der Waals surface area (Å²) < 4.78 is 0. The van der Waals surface area contributed by atoms with E-state index in [4.69, 9.17) is 5.26 Å². The fraction of sp³-hybridized carbons (Fsp3) is 0.0769. The Kier molecular flexibility index (Phi) is 2.57. The maximum atomic E-state index is 11.6. The Labute approximate surface area is 93.7 Å². The minimum atomic E-state index is -0.363. The van der Waals surface area contributed by atoms with Crippen LogP contribution in [0.3, 0.4) is 0 Å². The number of hydrogen-bond donors (Lipinski definition) is 1. The highest BCUT2D eigenvalue weighted by atomic mass is 16.1. The maximum absolute atomic E-state index is 11.6. The highest BCUT2D eigenvalue weighted by Gasteiger charge is 2.22. The van der Waals surface area contributed by atoms with Crippen molar-refractivity contribution in [2.24, 2.45) is 0 Å². The Hall–Kier alpha value is -2.34. The van der Waals surface area contributed by atoms with E-state index in [0.29, 0.717) is 12.1 Å². The molecule has 1 heterocycles. The molecule has 0 saturated carbocycles. The van der Waals surface area contributed by atoms with Gasteiger partial charge in [0, 0.05) is 12.1 Å². The van der Waals surface area contributed by atoms with E-state index >= 15 is 0 Å². The molecular formula is C13H10N2O. The first kappa shape index (κ1) is 10.2. The summed E-state index contributed by atoms with van der Waals surface area (Å²) in [5.74, 6) is -0.363. The molecule has 1 aliphatic heterocycles. The number of nitrogens with one attached hydrogen (secondary N) is 1. The maximum Gasteiger partial charge on any atom is 0.266 e. The number of benzene rings is 1. The summed E-state index contributed by atoms with van der Waals surface area (Å²) in [7, 11) is 0. The van der Waals surface area contributed by atoms with Gasteiger partial charge in [-0.3, -0.25) is 4.79 Å². The van der Waals surface area contributed by atoms with Gasteiger partial charge in [-0.1, -0.05) is 36.9 Å². The Balaban J connectivity index is 2.56. The Morgan fingerprint density at radius 3 is 2.62 bits per heavy atom. The molecule has 0 atom stereocenters. The van der Waals surface area contributed by atoms with Crippen molar-refractivity contribution >= 4 is 11.5 Å². The third-order valence-electron chi connectivity index (χ3n) is 2.44. The van der Waals surface area contributed by atoms with Crippen LogP contribution in [-0.4, -0.2) is 5.91 Å². The summed E-state index contributed by atoms with van der Waals surface area (Å²) >= 11 is 0. The van der Waals surface area contributed by atoms with Crippen molar-refractivity contribution in [2.75, 3.05) is 0 Å². The van der Waals surface area contributed by atoms with Crippen molar-refractivity contribution in [3.05, 3.63) is 53.7 Å². The van der Waals surface area contributed by atoms with E-state index in [9.17, 15) is 4.79 Å². The van der Waals surface area contributed by atoms with E-state index < -0.39 is 0 Å². The fourth-order valence-electron chi connectivity index (χ4n) is 1.71. The standard InChI is InChI=1S/C13H10N2O/c1-9-7-11(10-5-3-2-4-6-10)12(8-14)13(16)15-9/h2-6H,1,7H2,(H,15,16). The van der Waals surface area contributed by atoms with Crippen LogP contribution in [0.1, 0.15) is 12.0 Å². The van der Waals surface area contributed by atoms with Crippen molar-refractivity contribution < 1.29 is 4.79 Å². The lowest BCUT2D eigenvalue weighted by Crippen LogP contribution is -2.28. The van der Waals surface area contributed by atoms with E-state index in [2.05, 4.69) is 11.9 Å².